The lowest BCUT2D eigenvalue weighted by Gasteiger charge is -2.64. The van der Waals surface area contributed by atoms with Crippen molar-refractivity contribution < 1.29 is 14.4 Å². The molecule has 0 aromatic heterocycles. The maximum atomic E-state index is 13.2. The number of amides is 1. The van der Waals surface area contributed by atoms with Crippen LogP contribution in [0.25, 0.3) is 0 Å². The number of nitrogens with zero attached hydrogens (tertiary/aromatic N) is 1. The number of rotatable bonds is 7. The Hall–Kier alpha value is -1.96. The van der Waals surface area contributed by atoms with Crippen LogP contribution in [-0.2, 0) is 14.4 Å². The Balaban J connectivity index is 2.04. The summed E-state index contributed by atoms with van der Waals surface area (Å²) >= 11 is 0. The van der Waals surface area contributed by atoms with E-state index in [1.807, 2.05) is 19.9 Å². The molecule has 5 nitrogen and oxygen atoms in total. The van der Waals surface area contributed by atoms with E-state index in [0.29, 0.717) is 6.42 Å². The summed E-state index contributed by atoms with van der Waals surface area (Å²) in [6, 6.07) is 2.18. The van der Waals surface area contributed by atoms with Gasteiger partial charge >= 0.3 is 0 Å². The van der Waals surface area contributed by atoms with Gasteiger partial charge in [-0.15, -0.1) is 0 Å². The Labute approximate surface area is 231 Å². The third-order valence-corrected chi connectivity index (χ3v) is 12.3. The topological polar surface area (TPSA) is 101 Å². The van der Waals surface area contributed by atoms with Gasteiger partial charge in [0.15, 0.2) is 5.78 Å². The maximum absolute atomic E-state index is 13.2. The molecule has 3 rings (SSSR count). The van der Waals surface area contributed by atoms with Crippen LogP contribution < -0.4 is 5.73 Å². The first-order valence-corrected chi connectivity index (χ1v) is 14.7. The first-order valence-electron chi connectivity index (χ1n) is 14.7. The van der Waals surface area contributed by atoms with E-state index in [1.165, 1.54) is 0 Å². The molecular weight excluding hydrogens is 472 g/mol. The average Bonchev–Trinajstić information content (AvgIpc) is 2.77. The van der Waals surface area contributed by atoms with Crippen LogP contribution in [0, 0.1) is 61.6 Å². The van der Waals surface area contributed by atoms with Crippen molar-refractivity contribution in [1.82, 2.24) is 0 Å². The lowest BCUT2D eigenvalue weighted by atomic mass is 9.39. The van der Waals surface area contributed by atoms with Gasteiger partial charge in [0.05, 0.1) is 11.0 Å². The van der Waals surface area contributed by atoms with Gasteiger partial charge in [-0.2, -0.15) is 5.26 Å². The second-order valence-corrected chi connectivity index (χ2v) is 15.7. The molecule has 212 valence electrons. The number of nitriles is 1. The third-order valence-electron chi connectivity index (χ3n) is 12.3. The normalized spacial score (nSPS) is 38.5. The second-order valence-electron chi connectivity index (χ2n) is 15.7. The fourth-order valence-electron chi connectivity index (χ4n) is 9.32. The molecule has 2 N–H and O–H groups in total. The molecule has 1 amide bonds. The summed E-state index contributed by atoms with van der Waals surface area (Å²) in [5.74, 6) is 0.142. The first kappa shape index (κ1) is 30.6. The summed E-state index contributed by atoms with van der Waals surface area (Å²) in [5.41, 5.74) is 4.55. The highest BCUT2D eigenvalue weighted by atomic mass is 16.1. The Kier molecular flexibility index (Phi) is 7.72. The second kappa shape index (κ2) is 9.60. The number of nitrogens with two attached hydrogens (primary N) is 1. The zero-order valence-electron chi connectivity index (χ0n) is 25.7. The average molecular weight is 525 g/mol. The van der Waals surface area contributed by atoms with Gasteiger partial charge in [-0.3, -0.25) is 9.59 Å². The molecule has 0 aromatic rings. The fraction of sp³-hybridized carbons (Fsp3) is 0.818. The number of carbonyl (C=O) groups excluding carboxylic acids is 3. The summed E-state index contributed by atoms with van der Waals surface area (Å²) in [5, 5.41) is 9.88. The van der Waals surface area contributed by atoms with Gasteiger partial charge in [-0.05, 0) is 91.3 Å². The Morgan fingerprint density at radius 3 is 2.21 bits per heavy atom. The summed E-state index contributed by atoms with van der Waals surface area (Å²) < 4.78 is 0. The zero-order valence-corrected chi connectivity index (χ0v) is 25.7. The van der Waals surface area contributed by atoms with Crippen LogP contribution >= 0.6 is 0 Å². The van der Waals surface area contributed by atoms with Crippen molar-refractivity contribution in [3.8, 4) is 6.07 Å². The number of allylic oxidation sites excluding steroid dienone is 2. The van der Waals surface area contributed by atoms with Gasteiger partial charge in [0.2, 0.25) is 5.91 Å². The summed E-state index contributed by atoms with van der Waals surface area (Å²) in [6.45, 7) is 21.5. The molecule has 0 spiro atoms. The number of hydrogen-bond donors (Lipinski definition) is 1. The van der Waals surface area contributed by atoms with Crippen LogP contribution in [0.2, 0.25) is 0 Å². The van der Waals surface area contributed by atoms with E-state index in [2.05, 4.69) is 54.5 Å². The molecule has 38 heavy (non-hydrogen) atoms. The predicted octanol–water partition coefficient (Wildman–Crippen LogP) is 7.19. The number of hydrogen-bond acceptors (Lipinski definition) is 4. The van der Waals surface area contributed by atoms with Crippen molar-refractivity contribution in [2.45, 2.75) is 121 Å². The number of ketones is 2. The van der Waals surface area contributed by atoms with Gasteiger partial charge in [0.25, 0.3) is 0 Å². The zero-order chi connectivity index (χ0) is 29.1. The summed E-state index contributed by atoms with van der Waals surface area (Å²) in [7, 11) is 0. The van der Waals surface area contributed by atoms with Gasteiger partial charge in [-0.25, -0.2) is 0 Å². The van der Waals surface area contributed by atoms with Crippen LogP contribution in [0.1, 0.15) is 121 Å². The van der Waals surface area contributed by atoms with Gasteiger partial charge in [0.1, 0.15) is 11.9 Å². The van der Waals surface area contributed by atoms with Crippen LogP contribution in [0.5, 0.6) is 0 Å². The van der Waals surface area contributed by atoms with Crippen LogP contribution in [0.3, 0.4) is 0 Å². The summed E-state index contributed by atoms with van der Waals surface area (Å²) in [6.07, 6.45) is 8.49. The minimum atomic E-state index is -0.657. The molecule has 6 atom stereocenters. The molecule has 1 unspecified atom stereocenters. The summed E-state index contributed by atoms with van der Waals surface area (Å²) in [4.78, 5) is 39.0. The van der Waals surface area contributed by atoms with E-state index < -0.39 is 16.2 Å². The largest absolute Gasteiger partial charge is 0.369 e. The molecule has 2 fully saturated rings. The Morgan fingerprint density at radius 2 is 1.71 bits per heavy atom. The molecule has 0 saturated heterocycles. The van der Waals surface area contributed by atoms with Crippen molar-refractivity contribution in [2.75, 3.05) is 0 Å². The van der Waals surface area contributed by atoms with E-state index in [0.717, 1.165) is 44.9 Å². The third kappa shape index (κ3) is 4.69. The monoisotopic (exact) mass is 524 g/mol. The molecule has 3 aliphatic rings. The standard InChI is InChI=1S/C33H52N2O3/c1-21-18-28(3,4)13-15-33(21,27(35)38)16-14-29(5,6)32(10)12-11-24-30(7,8)26(37)23(20-34)19-31(24,9)25(32)17-22(2)36/h19,21,24-25H,11-18H2,1-10H3,(H2,35,38)/t21?,24-,25+,31-,32+,33-/m0/s1. The van der Waals surface area contributed by atoms with Crippen LogP contribution in [0.15, 0.2) is 11.6 Å². The quantitative estimate of drug-likeness (QED) is 0.381. The van der Waals surface area contributed by atoms with Gasteiger partial charge in [-0.1, -0.05) is 68.4 Å². The molecule has 0 heterocycles. The minimum absolute atomic E-state index is 0.0239. The molecule has 0 aliphatic heterocycles. The molecule has 0 bridgehead atoms. The number of carbonyl (C=O) groups is 3. The van der Waals surface area contributed by atoms with E-state index in [-0.39, 0.29) is 57.0 Å². The lowest BCUT2D eigenvalue weighted by Crippen LogP contribution is -2.60. The molecular formula is C33H52N2O3. The van der Waals surface area contributed by atoms with Crippen LogP contribution in [-0.4, -0.2) is 17.5 Å². The van der Waals surface area contributed by atoms with E-state index in [1.54, 1.807) is 6.92 Å². The van der Waals surface area contributed by atoms with E-state index in [4.69, 9.17) is 5.73 Å². The maximum Gasteiger partial charge on any atom is 0.223 e. The number of fused-ring (bicyclic) bond motifs is 1. The highest BCUT2D eigenvalue weighted by Gasteiger charge is 2.63. The highest BCUT2D eigenvalue weighted by Crippen LogP contribution is 2.68. The number of Topliss-reactive ketones (excluding diaryl/α,β-unsaturated/α-hetero) is 2. The smallest absolute Gasteiger partial charge is 0.223 e. The van der Waals surface area contributed by atoms with Gasteiger partial charge < -0.3 is 10.5 Å². The van der Waals surface area contributed by atoms with Crippen molar-refractivity contribution in [1.29, 1.82) is 5.26 Å². The Bertz CT molecular complexity index is 1080. The Morgan fingerprint density at radius 1 is 1.11 bits per heavy atom. The molecule has 3 aliphatic carbocycles. The van der Waals surface area contributed by atoms with E-state index >= 15 is 0 Å². The molecule has 5 heteroatoms. The molecule has 2 saturated carbocycles. The SMILES string of the molecule is CC(=O)C[C@@H]1[C@@]2(C)C=C(C#N)C(=O)C(C)(C)[C@@H]2CC[C@@]1(C)C(C)(C)CC[C@@]1(C(N)=O)CCC(C)(C)CC1C. The first-order chi connectivity index (χ1) is 17.2. The van der Waals surface area contributed by atoms with Crippen molar-refractivity contribution >= 4 is 17.5 Å². The predicted molar refractivity (Wildman–Crippen MR) is 152 cm³/mol. The fourth-order valence-corrected chi connectivity index (χ4v) is 9.32. The highest BCUT2D eigenvalue weighted by molar-refractivity contribution is 6.04. The van der Waals surface area contributed by atoms with E-state index in [9.17, 15) is 19.6 Å². The molecule has 0 radical (unpaired) electrons. The molecule has 0 aromatic carbocycles. The minimum Gasteiger partial charge on any atom is -0.369 e. The lowest BCUT2D eigenvalue weighted by molar-refractivity contribution is -0.157. The van der Waals surface area contributed by atoms with Gasteiger partial charge in [0, 0.05) is 11.8 Å². The van der Waals surface area contributed by atoms with Crippen molar-refractivity contribution in [3.05, 3.63) is 11.6 Å². The number of primary amides is 1. The van der Waals surface area contributed by atoms with Crippen molar-refractivity contribution in [2.24, 2.45) is 56.0 Å². The van der Waals surface area contributed by atoms with Crippen LogP contribution in [0.4, 0.5) is 0 Å². The van der Waals surface area contributed by atoms with Crippen molar-refractivity contribution in [3.63, 3.8) is 0 Å².